The highest BCUT2D eigenvalue weighted by atomic mass is 79.9. The Morgan fingerprint density at radius 2 is 2.33 bits per heavy atom. The van der Waals surface area contributed by atoms with Crippen LogP contribution in [0, 0.1) is 0 Å². The first kappa shape index (κ1) is 9.51. The largest absolute Gasteiger partial charge is 0.408 e. The molecular weight excluding hydrogens is 220 g/mol. The molecule has 0 aliphatic carbocycles. The molecule has 0 saturated carbocycles. The maximum Gasteiger partial charge on any atom is 0.161 e. The quantitative estimate of drug-likeness (QED) is 0.773. The summed E-state index contributed by atoms with van der Waals surface area (Å²) in [5.41, 5.74) is 9.14. The van der Waals surface area contributed by atoms with Crippen molar-refractivity contribution in [3.05, 3.63) is 28.2 Å². The molecule has 3 N–H and O–H groups in total. The summed E-state index contributed by atoms with van der Waals surface area (Å²) in [4.78, 5) is 5.10. The van der Waals surface area contributed by atoms with E-state index in [2.05, 4.69) is 21.4 Å². The van der Waals surface area contributed by atoms with E-state index in [9.17, 15) is 0 Å². The summed E-state index contributed by atoms with van der Waals surface area (Å²) < 4.78 is 0.903. The summed E-state index contributed by atoms with van der Waals surface area (Å²) in [5, 5.41) is 0. The van der Waals surface area contributed by atoms with Gasteiger partial charge in [0.1, 0.15) is 0 Å². The number of rotatable bonds is 3. The lowest BCUT2D eigenvalue weighted by molar-refractivity contribution is 0.222. The van der Waals surface area contributed by atoms with Crippen LogP contribution in [0.4, 0.5) is 0 Å². The van der Waals surface area contributed by atoms with Crippen LogP contribution in [0.25, 0.3) is 0 Å². The molecule has 66 valence electrons. The first-order valence-electron chi connectivity index (χ1n) is 3.60. The Morgan fingerprint density at radius 1 is 1.58 bits per heavy atom. The number of hydroxylamine groups is 1. The molecule has 4 heteroatoms. The standard InChI is InChI=1S/C8H11BrN2O/c1-11-12-8-3-2-6(5-10)4-7(8)9/h2-4,11H,5,10H2,1H3. The van der Waals surface area contributed by atoms with Gasteiger partial charge in [-0.15, -0.1) is 0 Å². The predicted octanol–water partition coefficient (Wildman–Crippen LogP) is 1.42. The molecule has 0 radical (unpaired) electrons. The van der Waals surface area contributed by atoms with E-state index >= 15 is 0 Å². The van der Waals surface area contributed by atoms with Crippen molar-refractivity contribution in [1.82, 2.24) is 5.48 Å². The fourth-order valence-corrected chi connectivity index (χ4v) is 1.37. The molecule has 1 aromatic carbocycles. The number of nitrogens with one attached hydrogen (secondary N) is 1. The highest BCUT2D eigenvalue weighted by Gasteiger charge is 2.00. The van der Waals surface area contributed by atoms with E-state index in [0.29, 0.717) is 6.54 Å². The number of hydrogen-bond donors (Lipinski definition) is 2. The molecule has 0 atom stereocenters. The van der Waals surface area contributed by atoms with Gasteiger partial charge in [-0.25, -0.2) is 0 Å². The van der Waals surface area contributed by atoms with Crippen LogP contribution in [-0.2, 0) is 6.54 Å². The number of halogens is 1. The van der Waals surface area contributed by atoms with Gasteiger partial charge in [-0.1, -0.05) is 6.07 Å². The normalized spacial score (nSPS) is 9.92. The monoisotopic (exact) mass is 230 g/mol. The van der Waals surface area contributed by atoms with Gasteiger partial charge < -0.3 is 10.6 Å². The Kier molecular flexibility index (Phi) is 3.52. The fraction of sp³-hybridized carbons (Fsp3) is 0.250. The molecule has 1 rings (SSSR count). The van der Waals surface area contributed by atoms with Crippen molar-refractivity contribution < 1.29 is 4.84 Å². The highest BCUT2D eigenvalue weighted by molar-refractivity contribution is 9.10. The second kappa shape index (κ2) is 4.45. The van der Waals surface area contributed by atoms with Gasteiger partial charge in [0.2, 0.25) is 0 Å². The molecule has 0 amide bonds. The fourth-order valence-electron chi connectivity index (χ4n) is 0.864. The third-order valence-electron chi connectivity index (χ3n) is 1.44. The van der Waals surface area contributed by atoms with Crippen LogP contribution in [0.5, 0.6) is 5.75 Å². The number of nitrogens with two attached hydrogens (primary N) is 1. The first-order chi connectivity index (χ1) is 5.77. The van der Waals surface area contributed by atoms with Crippen molar-refractivity contribution >= 4 is 15.9 Å². The van der Waals surface area contributed by atoms with Crippen molar-refractivity contribution in [1.29, 1.82) is 0 Å². The van der Waals surface area contributed by atoms with Gasteiger partial charge in [-0.3, -0.25) is 0 Å². The Hall–Kier alpha value is -0.580. The van der Waals surface area contributed by atoms with E-state index in [0.717, 1.165) is 15.8 Å². The van der Waals surface area contributed by atoms with Crippen molar-refractivity contribution in [2.45, 2.75) is 6.54 Å². The van der Waals surface area contributed by atoms with Gasteiger partial charge in [0.15, 0.2) is 5.75 Å². The van der Waals surface area contributed by atoms with Crippen LogP contribution in [-0.4, -0.2) is 7.05 Å². The smallest absolute Gasteiger partial charge is 0.161 e. The first-order valence-corrected chi connectivity index (χ1v) is 4.39. The second-order valence-electron chi connectivity index (χ2n) is 2.28. The van der Waals surface area contributed by atoms with Crippen molar-refractivity contribution in [2.75, 3.05) is 7.05 Å². The van der Waals surface area contributed by atoms with E-state index in [1.54, 1.807) is 7.05 Å². The number of benzene rings is 1. The molecule has 3 nitrogen and oxygen atoms in total. The SMILES string of the molecule is CNOc1ccc(CN)cc1Br. The van der Waals surface area contributed by atoms with Crippen LogP contribution in [0.1, 0.15) is 5.56 Å². The minimum absolute atomic E-state index is 0.540. The maximum absolute atomic E-state index is 5.47. The summed E-state index contributed by atoms with van der Waals surface area (Å²) in [7, 11) is 1.71. The zero-order valence-corrected chi connectivity index (χ0v) is 8.39. The van der Waals surface area contributed by atoms with Crippen LogP contribution >= 0.6 is 15.9 Å². The molecule has 0 heterocycles. The highest BCUT2D eigenvalue weighted by Crippen LogP contribution is 2.24. The van der Waals surface area contributed by atoms with Crippen LogP contribution in [0.3, 0.4) is 0 Å². The van der Waals surface area contributed by atoms with Gasteiger partial charge in [-0.2, -0.15) is 5.48 Å². The van der Waals surface area contributed by atoms with Gasteiger partial charge in [0.25, 0.3) is 0 Å². The molecule has 12 heavy (non-hydrogen) atoms. The Morgan fingerprint density at radius 3 is 2.83 bits per heavy atom. The number of hydrogen-bond acceptors (Lipinski definition) is 3. The van der Waals surface area contributed by atoms with E-state index in [4.69, 9.17) is 10.6 Å². The summed E-state index contributed by atoms with van der Waals surface area (Å²) in [6.45, 7) is 0.540. The van der Waals surface area contributed by atoms with Crippen molar-refractivity contribution in [2.24, 2.45) is 5.73 Å². The average Bonchev–Trinajstić information content (AvgIpc) is 2.09. The molecule has 0 aliphatic heterocycles. The van der Waals surface area contributed by atoms with Crippen LogP contribution in [0.15, 0.2) is 22.7 Å². The minimum Gasteiger partial charge on any atom is -0.408 e. The molecule has 0 aromatic heterocycles. The maximum atomic E-state index is 5.47. The topological polar surface area (TPSA) is 47.3 Å². The van der Waals surface area contributed by atoms with Gasteiger partial charge in [0.05, 0.1) is 4.47 Å². The molecule has 0 bridgehead atoms. The van der Waals surface area contributed by atoms with Gasteiger partial charge in [0, 0.05) is 13.6 Å². The third-order valence-corrected chi connectivity index (χ3v) is 2.06. The Labute approximate surface area is 80.0 Å². The van der Waals surface area contributed by atoms with E-state index < -0.39 is 0 Å². The summed E-state index contributed by atoms with van der Waals surface area (Å²) in [5.74, 6) is 0.759. The second-order valence-corrected chi connectivity index (χ2v) is 3.13. The van der Waals surface area contributed by atoms with E-state index in [1.807, 2.05) is 18.2 Å². The summed E-state index contributed by atoms with van der Waals surface area (Å²) in [6, 6.07) is 5.73. The van der Waals surface area contributed by atoms with E-state index in [1.165, 1.54) is 0 Å². The lowest BCUT2D eigenvalue weighted by Crippen LogP contribution is -2.11. The lowest BCUT2D eigenvalue weighted by Gasteiger charge is -2.06. The Bertz CT molecular complexity index is 265. The van der Waals surface area contributed by atoms with Crippen LogP contribution < -0.4 is 16.1 Å². The van der Waals surface area contributed by atoms with Crippen molar-refractivity contribution in [3.63, 3.8) is 0 Å². The summed E-state index contributed by atoms with van der Waals surface area (Å²) >= 11 is 3.37. The third kappa shape index (κ3) is 2.20. The molecule has 0 fully saturated rings. The van der Waals surface area contributed by atoms with Gasteiger partial charge >= 0.3 is 0 Å². The molecular formula is C8H11BrN2O. The van der Waals surface area contributed by atoms with Crippen LogP contribution in [0.2, 0.25) is 0 Å². The van der Waals surface area contributed by atoms with E-state index in [-0.39, 0.29) is 0 Å². The van der Waals surface area contributed by atoms with Crippen molar-refractivity contribution in [3.8, 4) is 5.75 Å². The molecule has 0 saturated heterocycles. The molecule has 0 spiro atoms. The predicted molar refractivity (Wildman–Crippen MR) is 51.7 cm³/mol. The summed E-state index contributed by atoms with van der Waals surface area (Å²) in [6.07, 6.45) is 0. The minimum atomic E-state index is 0.540. The zero-order chi connectivity index (χ0) is 8.97. The molecule has 0 unspecified atom stereocenters. The zero-order valence-electron chi connectivity index (χ0n) is 6.80. The Balaban J connectivity index is 2.87. The van der Waals surface area contributed by atoms with Gasteiger partial charge in [-0.05, 0) is 33.6 Å². The lowest BCUT2D eigenvalue weighted by atomic mass is 10.2. The molecule has 1 aromatic rings. The molecule has 0 aliphatic rings. The average molecular weight is 231 g/mol.